The summed E-state index contributed by atoms with van der Waals surface area (Å²) in [5.41, 5.74) is 2.51. The van der Waals surface area contributed by atoms with Gasteiger partial charge in [-0.25, -0.2) is 18.1 Å². The van der Waals surface area contributed by atoms with Crippen molar-refractivity contribution >= 4 is 27.3 Å². The Morgan fingerprint density at radius 3 is 2.62 bits per heavy atom. The minimum absolute atomic E-state index is 0.202. The third-order valence-corrected chi connectivity index (χ3v) is 6.48. The molecule has 2 aromatic carbocycles. The molecule has 0 aliphatic carbocycles. The van der Waals surface area contributed by atoms with Gasteiger partial charge in [-0.3, -0.25) is 4.79 Å². The summed E-state index contributed by atoms with van der Waals surface area (Å²) in [6.45, 7) is 0.339. The minimum Gasteiger partial charge on any atom is -0.350 e. The van der Waals surface area contributed by atoms with E-state index in [0.29, 0.717) is 23.5 Å². The number of hydrogen-bond donors (Lipinski definition) is 2. The smallest absolute Gasteiger partial charge is 0.270 e. The molecule has 3 aromatic rings. The summed E-state index contributed by atoms with van der Waals surface area (Å²) in [6, 6.07) is 14.6. The van der Waals surface area contributed by atoms with E-state index in [0.717, 1.165) is 11.1 Å². The van der Waals surface area contributed by atoms with Gasteiger partial charge >= 0.3 is 0 Å². The third kappa shape index (κ3) is 4.90. The van der Waals surface area contributed by atoms with E-state index in [1.807, 2.05) is 36.4 Å². The van der Waals surface area contributed by atoms with Crippen molar-refractivity contribution in [3.05, 3.63) is 70.2 Å². The highest BCUT2D eigenvalue weighted by atomic mass is 32.2. The highest BCUT2D eigenvalue weighted by Crippen LogP contribution is 2.28. The van der Waals surface area contributed by atoms with Crippen LogP contribution in [0.4, 0.5) is 0 Å². The highest BCUT2D eigenvalue weighted by molar-refractivity contribution is 7.89. The number of carbonyl (C=O) groups is 1. The Bertz CT molecular complexity index is 1160. The van der Waals surface area contributed by atoms with E-state index in [1.54, 1.807) is 17.5 Å². The number of hydrogen-bond acceptors (Lipinski definition) is 5. The molecule has 0 saturated carbocycles. The standard InChI is InChI=1S/C21H19N3O3S2/c1-3-20-24-18(14-28-20)21(25)23-12-11-15-9-10-17(16-7-5-4-6-8-16)19(13-15)29(26,27)22-2/h1,4-10,13-14,22H,11-12H2,2H3,(H,23,25). The first-order valence-corrected chi connectivity index (χ1v) is 11.1. The van der Waals surface area contributed by atoms with Gasteiger partial charge in [0.05, 0.1) is 4.90 Å². The molecule has 2 N–H and O–H groups in total. The Morgan fingerprint density at radius 2 is 1.97 bits per heavy atom. The van der Waals surface area contributed by atoms with E-state index in [9.17, 15) is 13.2 Å². The SMILES string of the molecule is C#Cc1nc(C(=O)NCCc2ccc(-c3ccccc3)c(S(=O)(=O)NC)c2)cs1. The van der Waals surface area contributed by atoms with Gasteiger partial charge in [-0.1, -0.05) is 42.5 Å². The minimum atomic E-state index is -3.65. The fourth-order valence-electron chi connectivity index (χ4n) is 2.77. The van der Waals surface area contributed by atoms with E-state index in [2.05, 4.69) is 20.9 Å². The lowest BCUT2D eigenvalue weighted by molar-refractivity contribution is 0.0950. The van der Waals surface area contributed by atoms with Crippen molar-refractivity contribution in [2.45, 2.75) is 11.3 Å². The van der Waals surface area contributed by atoms with Crippen LogP contribution in [0.2, 0.25) is 0 Å². The first kappa shape index (κ1) is 20.7. The summed E-state index contributed by atoms with van der Waals surface area (Å²) in [6.07, 6.45) is 5.74. The van der Waals surface area contributed by atoms with Gasteiger partial charge in [0.15, 0.2) is 5.01 Å². The van der Waals surface area contributed by atoms with Crippen LogP contribution >= 0.6 is 11.3 Å². The second-order valence-corrected chi connectivity index (χ2v) is 8.81. The summed E-state index contributed by atoms with van der Waals surface area (Å²) in [4.78, 5) is 16.4. The van der Waals surface area contributed by atoms with Crippen molar-refractivity contribution in [1.82, 2.24) is 15.0 Å². The molecular weight excluding hydrogens is 406 g/mol. The number of carbonyl (C=O) groups excluding carboxylic acids is 1. The van der Waals surface area contributed by atoms with Crippen LogP contribution in [0.1, 0.15) is 21.1 Å². The first-order valence-electron chi connectivity index (χ1n) is 8.77. The number of rotatable bonds is 7. The van der Waals surface area contributed by atoms with E-state index >= 15 is 0 Å². The van der Waals surface area contributed by atoms with Crippen LogP contribution in [0.25, 0.3) is 11.1 Å². The Balaban J connectivity index is 1.77. The van der Waals surface area contributed by atoms with Gasteiger partial charge < -0.3 is 5.32 Å². The largest absolute Gasteiger partial charge is 0.350 e. The van der Waals surface area contributed by atoms with Crippen LogP contribution < -0.4 is 10.0 Å². The van der Waals surface area contributed by atoms with Crippen molar-refractivity contribution in [2.75, 3.05) is 13.6 Å². The zero-order valence-electron chi connectivity index (χ0n) is 15.7. The third-order valence-electron chi connectivity index (χ3n) is 4.25. The number of terminal acetylenes is 1. The van der Waals surface area contributed by atoms with Crippen LogP contribution in [-0.2, 0) is 16.4 Å². The number of amides is 1. The molecule has 29 heavy (non-hydrogen) atoms. The van der Waals surface area contributed by atoms with Crippen LogP contribution in [-0.4, -0.2) is 32.9 Å². The second kappa shape index (κ2) is 9.01. The molecule has 0 saturated heterocycles. The summed E-state index contributed by atoms with van der Waals surface area (Å²) >= 11 is 1.23. The number of nitrogens with one attached hydrogen (secondary N) is 2. The lowest BCUT2D eigenvalue weighted by Crippen LogP contribution is -2.26. The van der Waals surface area contributed by atoms with Crippen LogP contribution in [0, 0.1) is 12.3 Å². The zero-order chi connectivity index (χ0) is 20.9. The van der Waals surface area contributed by atoms with E-state index in [1.165, 1.54) is 18.4 Å². The Kier molecular flexibility index (Phi) is 6.44. The average molecular weight is 426 g/mol. The number of aromatic nitrogens is 1. The highest BCUT2D eigenvalue weighted by Gasteiger charge is 2.18. The van der Waals surface area contributed by atoms with Crippen molar-refractivity contribution in [2.24, 2.45) is 0 Å². The van der Waals surface area contributed by atoms with Gasteiger partial charge in [-0.05, 0) is 36.6 Å². The Morgan fingerprint density at radius 1 is 1.21 bits per heavy atom. The van der Waals surface area contributed by atoms with Crippen molar-refractivity contribution < 1.29 is 13.2 Å². The predicted molar refractivity (Wildman–Crippen MR) is 114 cm³/mol. The molecule has 1 amide bonds. The normalized spacial score (nSPS) is 11.0. The first-order chi connectivity index (χ1) is 13.9. The molecule has 0 aliphatic heterocycles. The van der Waals surface area contributed by atoms with Gasteiger partial charge in [0, 0.05) is 17.5 Å². The van der Waals surface area contributed by atoms with E-state index in [-0.39, 0.29) is 16.5 Å². The monoisotopic (exact) mass is 425 g/mol. The maximum Gasteiger partial charge on any atom is 0.270 e. The topological polar surface area (TPSA) is 88.2 Å². The zero-order valence-corrected chi connectivity index (χ0v) is 17.3. The maximum absolute atomic E-state index is 12.5. The van der Waals surface area contributed by atoms with Crippen molar-refractivity contribution in [3.8, 4) is 23.5 Å². The number of thiazole rings is 1. The molecule has 1 heterocycles. The average Bonchev–Trinajstić information content (AvgIpc) is 3.24. The molecule has 1 aromatic heterocycles. The predicted octanol–water partition coefficient (Wildman–Crippen LogP) is 2.67. The van der Waals surface area contributed by atoms with E-state index < -0.39 is 10.0 Å². The molecule has 0 aliphatic rings. The molecule has 0 atom stereocenters. The summed E-state index contributed by atoms with van der Waals surface area (Å²) in [7, 11) is -2.26. The fourth-order valence-corrected chi connectivity index (χ4v) is 4.37. The summed E-state index contributed by atoms with van der Waals surface area (Å²) < 4.78 is 27.5. The lowest BCUT2D eigenvalue weighted by Gasteiger charge is -2.12. The second-order valence-electron chi connectivity index (χ2n) is 6.09. The number of nitrogens with zero attached hydrogens (tertiary/aromatic N) is 1. The van der Waals surface area contributed by atoms with Gasteiger partial charge in [0.25, 0.3) is 5.91 Å². The molecule has 148 valence electrons. The fraction of sp³-hybridized carbons (Fsp3) is 0.143. The molecule has 0 fully saturated rings. The van der Waals surface area contributed by atoms with Crippen LogP contribution in [0.5, 0.6) is 0 Å². The van der Waals surface area contributed by atoms with Crippen molar-refractivity contribution in [3.63, 3.8) is 0 Å². The van der Waals surface area contributed by atoms with Crippen molar-refractivity contribution in [1.29, 1.82) is 0 Å². The molecule has 0 bridgehead atoms. The number of benzene rings is 2. The van der Waals surface area contributed by atoms with Crippen LogP contribution in [0.3, 0.4) is 0 Å². The van der Waals surface area contributed by atoms with Gasteiger partial charge in [0.2, 0.25) is 10.0 Å². The number of sulfonamides is 1. The van der Waals surface area contributed by atoms with Gasteiger partial charge in [0.1, 0.15) is 5.69 Å². The molecule has 8 heteroatoms. The molecule has 3 rings (SSSR count). The molecule has 0 unspecified atom stereocenters. The van der Waals surface area contributed by atoms with Gasteiger partial charge in [-0.2, -0.15) is 0 Å². The molecule has 0 spiro atoms. The van der Waals surface area contributed by atoms with Crippen LogP contribution in [0.15, 0.2) is 58.8 Å². The Hall–Kier alpha value is -2.99. The quantitative estimate of drug-likeness (QED) is 0.570. The molecular formula is C21H19N3O3S2. The van der Waals surface area contributed by atoms with E-state index in [4.69, 9.17) is 6.42 Å². The maximum atomic E-state index is 12.5. The Labute approximate surface area is 174 Å². The lowest BCUT2D eigenvalue weighted by atomic mass is 10.0. The molecule has 0 radical (unpaired) electrons. The summed E-state index contributed by atoms with van der Waals surface area (Å²) in [5, 5.41) is 4.84. The van der Waals surface area contributed by atoms with Gasteiger partial charge in [-0.15, -0.1) is 17.8 Å². The molecule has 6 nitrogen and oxygen atoms in total. The summed E-state index contributed by atoms with van der Waals surface area (Å²) in [5.74, 6) is 2.08.